The fourth-order valence-electron chi connectivity index (χ4n) is 2.97. The van der Waals surface area contributed by atoms with E-state index in [-0.39, 0.29) is 54.2 Å². The van der Waals surface area contributed by atoms with E-state index in [9.17, 15) is 4.79 Å². The van der Waals surface area contributed by atoms with Crippen molar-refractivity contribution in [3.05, 3.63) is 24.3 Å². The lowest BCUT2D eigenvalue weighted by molar-refractivity contribution is -0.121. The molecule has 1 aromatic rings. The number of nitrogens with zero attached hydrogens (tertiary/aromatic N) is 2. The summed E-state index contributed by atoms with van der Waals surface area (Å²) in [6, 6.07) is 7.67. The van der Waals surface area contributed by atoms with Gasteiger partial charge in [0.05, 0.1) is 18.8 Å². The van der Waals surface area contributed by atoms with Crippen molar-refractivity contribution >= 4 is 41.5 Å². The third-order valence-corrected chi connectivity index (χ3v) is 4.22. The normalized spacial score (nSPS) is 17.6. The molecule has 0 bridgehead atoms. The Hall–Kier alpha value is -1.59. The third-order valence-electron chi connectivity index (χ3n) is 4.22. The number of amides is 1. The number of halogens is 1. The zero-order valence-electron chi connectivity index (χ0n) is 19.5. The highest BCUT2D eigenvalue weighted by atomic mass is 127. The summed E-state index contributed by atoms with van der Waals surface area (Å²) in [7, 11) is 2.08. The number of benzene rings is 1. The monoisotopic (exact) mass is 547 g/mol. The number of nitrogens with one attached hydrogen (secondary N) is 3. The van der Waals surface area contributed by atoms with Gasteiger partial charge in [-0.05, 0) is 65.9 Å². The third kappa shape index (κ3) is 11.6. The van der Waals surface area contributed by atoms with E-state index in [0.717, 1.165) is 24.5 Å². The molecule has 1 aliphatic rings. The van der Waals surface area contributed by atoms with Crippen LogP contribution in [0, 0.1) is 0 Å². The molecule has 1 atom stereocenters. The molecule has 0 aliphatic carbocycles. The molecule has 1 amide bonds. The molecule has 0 radical (unpaired) electrons. The van der Waals surface area contributed by atoms with Crippen molar-refractivity contribution in [1.82, 2.24) is 15.5 Å². The number of anilines is 1. The number of ether oxygens (including phenoxy) is 2. The standard InChI is InChI=1S/C22H37N5O3.HI/c1-16(2)30-18-9-7-17(8-10-18)25-21(24-14-20(28)26-22(3,4)5)23-13-19-15-27(6)11-12-29-19;/h7-10,16,19H,11-15H2,1-6H3,(H,26,28)(H2,23,24,25);1H. The van der Waals surface area contributed by atoms with Crippen LogP contribution in [0.15, 0.2) is 29.3 Å². The minimum absolute atomic E-state index is 0. The number of morpholine rings is 1. The summed E-state index contributed by atoms with van der Waals surface area (Å²) in [5.41, 5.74) is 0.565. The Morgan fingerprint density at radius 1 is 1.29 bits per heavy atom. The lowest BCUT2D eigenvalue weighted by Crippen LogP contribution is -2.47. The molecular formula is C22H38IN5O3. The molecule has 0 aromatic heterocycles. The van der Waals surface area contributed by atoms with Crippen molar-refractivity contribution in [2.45, 2.75) is 52.4 Å². The highest BCUT2D eigenvalue weighted by Crippen LogP contribution is 2.17. The zero-order chi connectivity index (χ0) is 22.1. The van der Waals surface area contributed by atoms with Gasteiger partial charge >= 0.3 is 0 Å². The van der Waals surface area contributed by atoms with Gasteiger partial charge < -0.3 is 30.3 Å². The van der Waals surface area contributed by atoms with Crippen LogP contribution in [0.3, 0.4) is 0 Å². The second-order valence-electron chi connectivity index (χ2n) is 8.91. The quantitative estimate of drug-likeness (QED) is 0.277. The van der Waals surface area contributed by atoms with Crippen LogP contribution in [0.2, 0.25) is 0 Å². The van der Waals surface area contributed by atoms with Crippen molar-refractivity contribution in [3.63, 3.8) is 0 Å². The number of carbonyl (C=O) groups excluding carboxylic acids is 1. The van der Waals surface area contributed by atoms with Crippen LogP contribution in [-0.4, -0.2) is 74.3 Å². The highest BCUT2D eigenvalue weighted by Gasteiger charge is 2.18. The molecule has 9 heteroatoms. The minimum atomic E-state index is -0.291. The molecule has 176 valence electrons. The van der Waals surface area contributed by atoms with E-state index in [0.29, 0.717) is 19.1 Å². The minimum Gasteiger partial charge on any atom is -0.491 e. The fraction of sp³-hybridized carbons (Fsp3) is 0.636. The zero-order valence-corrected chi connectivity index (χ0v) is 21.9. The van der Waals surface area contributed by atoms with Crippen molar-refractivity contribution in [2.75, 3.05) is 45.2 Å². The topological polar surface area (TPSA) is 87.2 Å². The lowest BCUT2D eigenvalue weighted by atomic mass is 10.1. The van der Waals surface area contributed by atoms with Crippen LogP contribution >= 0.6 is 24.0 Å². The summed E-state index contributed by atoms with van der Waals surface area (Å²) in [4.78, 5) is 18.9. The molecule has 31 heavy (non-hydrogen) atoms. The van der Waals surface area contributed by atoms with E-state index in [1.54, 1.807) is 0 Å². The average Bonchev–Trinajstić information content (AvgIpc) is 2.63. The molecule has 1 aliphatic heterocycles. The molecule has 0 spiro atoms. The number of guanidine groups is 1. The van der Waals surface area contributed by atoms with Crippen molar-refractivity contribution in [2.24, 2.45) is 4.99 Å². The first-order valence-electron chi connectivity index (χ1n) is 10.5. The van der Waals surface area contributed by atoms with Crippen molar-refractivity contribution < 1.29 is 14.3 Å². The molecule has 1 saturated heterocycles. The second kappa shape index (κ2) is 13.1. The molecule has 1 heterocycles. The molecule has 2 rings (SSSR count). The Labute approximate surface area is 203 Å². The first-order chi connectivity index (χ1) is 14.1. The summed E-state index contributed by atoms with van der Waals surface area (Å²) in [5.74, 6) is 1.22. The summed E-state index contributed by atoms with van der Waals surface area (Å²) in [6.45, 7) is 13.0. The molecular weight excluding hydrogens is 509 g/mol. The Bertz CT molecular complexity index is 704. The van der Waals surface area contributed by atoms with Gasteiger partial charge in [0.25, 0.3) is 0 Å². The maximum Gasteiger partial charge on any atom is 0.242 e. The van der Waals surface area contributed by atoms with Gasteiger partial charge in [-0.2, -0.15) is 0 Å². The predicted molar refractivity (Wildman–Crippen MR) is 137 cm³/mol. The van der Waals surface area contributed by atoms with Crippen LogP contribution in [0.1, 0.15) is 34.6 Å². The Morgan fingerprint density at radius 2 is 1.97 bits per heavy atom. The van der Waals surface area contributed by atoms with E-state index >= 15 is 0 Å². The van der Waals surface area contributed by atoms with Gasteiger partial charge in [0, 0.05) is 30.9 Å². The molecule has 0 saturated carbocycles. The first kappa shape index (κ1) is 27.4. The fourth-order valence-corrected chi connectivity index (χ4v) is 2.97. The van der Waals surface area contributed by atoms with Crippen molar-refractivity contribution in [3.8, 4) is 5.75 Å². The molecule has 1 aromatic carbocycles. The summed E-state index contributed by atoms with van der Waals surface area (Å²) >= 11 is 0. The summed E-state index contributed by atoms with van der Waals surface area (Å²) in [5, 5.41) is 9.49. The van der Waals surface area contributed by atoms with Crippen molar-refractivity contribution in [1.29, 1.82) is 0 Å². The first-order valence-corrected chi connectivity index (χ1v) is 10.5. The van der Waals surface area contributed by atoms with Gasteiger partial charge in [-0.1, -0.05) is 0 Å². The lowest BCUT2D eigenvalue weighted by Gasteiger charge is -2.30. The Morgan fingerprint density at radius 3 is 2.55 bits per heavy atom. The smallest absolute Gasteiger partial charge is 0.242 e. The van der Waals surface area contributed by atoms with Gasteiger partial charge in [-0.3, -0.25) is 4.79 Å². The number of hydrogen-bond acceptors (Lipinski definition) is 5. The molecule has 1 fully saturated rings. The Kier molecular flexibility index (Phi) is 11.6. The summed E-state index contributed by atoms with van der Waals surface area (Å²) in [6.07, 6.45) is 0.193. The van der Waals surface area contributed by atoms with Crippen LogP contribution in [0.4, 0.5) is 5.69 Å². The van der Waals surface area contributed by atoms with E-state index in [2.05, 4.69) is 32.9 Å². The van der Waals surface area contributed by atoms with Crippen LogP contribution in [-0.2, 0) is 9.53 Å². The number of likely N-dealkylation sites (N-methyl/N-ethyl adjacent to an activating group) is 1. The van der Waals surface area contributed by atoms with Gasteiger partial charge in [-0.25, -0.2) is 4.99 Å². The van der Waals surface area contributed by atoms with Crippen LogP contribution < -0.4 is 20.7 Å². The van der Waals surface area contributed by atoms with E-state index in [4.69, 9.17) is 9.47 Å². The highest BCUT2D eigenvalue weighted by molar-refractivity contribution is 14.0. The van der Waals surface area contributed by atoms with E-state index in [1.165, 1.54) is 0 Å². The SMILES string of the molecule is CC(C)Oc1ccc(NC(=NCC(=O)NC(C)(C)C)NCC2CN(C)CCO2)cc1.I. The van der Waals surface area contributed by atoms with E-state index in [1.807, 2.05) is 58.9 Å². The van der Waals surface area contributed by atoms with Gasteiger partial charge in [0.15, 0.2) is 5.96 Å². The largest absolute Gasteiger partial charge is 0.491 e. The van der Waals surface area contributed by atoms with Crippen LogP contribution in [0.25, 0.3) is 0 Å². The molecule has 8 nitrogen and oxygen atoms in total. The summed E-state index contributed by atoms with van der Waals surface area (Å²) < 4.78 is 11.5. The maximum atomic E-state index is 12.2. The maximum absolute atomic E-state index is 12.2. The van der Waals surface area contributed by atoms with E-state index < -0.39 is 0 Å². The molecule has 3 N–H and O–H groups in total. The predicted octanol–water partition coefficient (Wildman–Crippen LogP) is 2.69. The van der Waals surface area contributed by atoms with Gasteiger partial charge in [-0.15, -0.1) is 24.0 Å². The van der Waals surface area contributed by atoms with Gasteiger partial charge in [0.2, 0.25) is 5.91 Å². The number of aliphatic imine (C=N–C) groups is 1. The number of carbonyl (C=O) groups is 1. The van der Waals surface area contributed by atoms with Gasteiger partial charge in [0.1, 0.15) is 12.3 Å². The number of rotatable bonds is 7. The average molecular weight is 547 g/mol. The van der Waals surface area contributed by atoms with Crippen LogP contribution in [0.5, 0.6) is 5.75 Å². The Balaban J connectivity index is 0.00000480. The molecule has 1 unspecified atom stereocenters. The number of hydrogen-bond donors (Lipinski definition) is 3. The second-order valence-corrected chi connectivity index (χ2v) is 8.91.